The summed E-state index contributed by atoms with van der Waals surface area (Å²) in [4.78, 5) is 11.7. The zero-order chi connectivity index (χ0) is 14.9. The Kier molecular flexibility index (Phi) is 4.19. The second-order valence-corrected chi connectivity index (χ2v) is 7.21. The topological polar surface area (TPSA) is 68.6 Å². The van der Waals surface area contributed by atoms with Gasteiger partial charge in [0.05, 0.1) is 7.11 Å². The Labute approximate surface area is 119 Å². The molecule has 1 saturated heterocycles. The van der Waals surface area contributed by atoms with Crippen LogP contribution in [-0.2, 0) is 21.8 Å². The largest absolute Gasteiger partial charge is 0.464 e. The van der Waals surface area contributed by atoms with Gasteiger partial charge in [-0.2, -0.15) is 4.31 Å². The van der Waals surface area contributed by atoms with E-state index < -0.39 is 16.0 Å². The Morgan fingerprint density at radius 1 is 1.45 bits per heavy atom. The number of methoxy groups -OCH3 is 1. The predicted octanol–water partition coefficient (Wildman–Crippen LogP) is 1.23. The van der Waals surface area contributed by atoms with Crippen LogP contribution in [-0.4, -0.2) is 43.5 Å². The van der Waals surface area contributed by atoms with E-state index in [-0.39, 0.29) is 10.6 Å². The van der Waals surface area contributed by atoms with E-state index in [1.165, 1.54) is 28.2 Å². The van der Waals surface area contributed by atoms with E-state index in [0.717, 1.165) is 12.8 Å². The minimum Gasteiger partial charge on any atom is -0.464 e. The summed E-state index contributed by atoms with van der Waals surface area (Å²) in [6, 6.07) is 1.38. The second kappa shape index (κ2) is 5.57. The van der Waals surface area contributed by atoms with Crippen LogP contribution in [0.4, 0.5) is 0 Å². The van der Waals surface area contributed by atoms with Crippen molar-refractivity contribution in [2.24, 2.45) is 13.0 Å². The molecule has 1 atom stereocenters. The maximum absolute atomic E-state index is 12.6. The Bertz CT molecular complexity index is 606. The molecule has 0 amide bonds. The summed E-state index contributed by atoms with van der Waals surface area (Å²) in [5.41, 5.74) is 0.233. The number of nitrogens with zero attached hydrogens (tertiary/aromatic N) is 2. The molecule has 6 nitrogen and oxygen atoms in total. The summed E-state index contributed by atoms with van der Waals surface area (Å²) in [7, 11) is -0.631. The SMILES string of the molecule is COC(=O)c1cc(S(=O)(=O)N2CCC[C@H](C)C2)cn1C. The lowest BCUT2D eigenvalue weighted by molar-refractivity contribution is 0.0590. The van der Waals surface area contributed by atoms with E-state index >= 15 is 0 Å². The number of aryl methyl sites for hydroxylation is 1. The number of piperidine rings is 1. The van der Waals surface area contributed by atoms with Crippen molar-refractivity contribution >= 4 is 16.0 Å². The van der Waals surface area contributed by atoms with Gasteiger partial charge < -0.3 is 9.30 Å². The van der Waals surface area contributed by atoms with Crippen molar-refractivity contribution in [3.05, 3.63) is 18.0 Å². The Morgan fingerprint density at radius 3 is 2.75 bits per heavy atom. The first-order valence-electron chi connectivity index (χ1n) is 6.61. The maximum atomic E-state index is 12.6. The average Bonchev–Trinajstić information content (AvgIpc) is 2.80. The molecule has 0 spiro atoms. The molecular formula is C13H20N2O4S. The number of sulfonamides is 1. The first-order valence-corrected chi connectivity index (χ1v) is 8.05. The molecule has 0 aliphatic carbocycles. The van der Waals surface area contributed by atoms with Crippen LogP contribution < -0.4 is 0 Å². The molecule has 1 aliphatic rings. The first kappa shape index (κ1) is 15.1. The molecule has 1 aliphatic heterocycles. The molecular weight excluding hydrogens is 280 g/mol. The van der Waals surface area contributed by atoms with Gasteiger partial charge in [0.1, 0.15) is 10.6 Å². The highest BCUT2D eigenvalue weighted by atomic mass is 32.2. The van der Waals surface area contributed by atoms with Crippen molar-refractivity contribution in [3.63, 3.8) is 0 Å². The van der Waals surface area contributed by atoms with Crippen molar-refractivity contribution < 1.29 is 17.9 Å². The molecule has 1 fully saturated rings. The van der Waals surface area contributed by atoms with Gasteiger partial charge in [-0.25, -0.2) is 13.2 Å². The van der Waals surface area contributed by atoms with Crippen molar-refractivity contribution in [1.82, 2.24) is 8.87 Å². The molecule has 112 valence electrons. The monoisotopic (exact) mass is 300 g/mol. The van der Waals surface area contributed by atoms with Crippen LogP contribution in [0, 0.1) is 5.92 Å². The highest BCUT2D eigenvalue weighted by Gasteiger charge is 2.30. The highest BCUT2D eigenvalue weighted by molar-refractivity contribution is 7.89. The molecule has 0 bridgehead atoms. The molecule has 0 saturated carbocycles. The summed E-state index contributed by atoms with van der Waals surface area (Å²) >= 11 is 0. The predicted molar refractivity (Wildman–Crippen MR) is 73.9 cm³/mol. The number of hydrogen-bond acceptors (Lipinski definition) is 4. The summed E-state index contributed by atoms with van der Waals surface area (Å²) in [6.45, 7) is 3.12. The van der Waals surface area contributed by atoms with Gasteiger partial charge in [-0.1, -0.05) is 6.92 Å². The lowest BCUT2D eigenvalue weighted by Crippen LogP contribution is -2.38. The van der Waals surface area contributed by atoms with Crippen LogP contribution in [0.2, 0.25) is 0 Å². The summed E-state index contributed by atoms with van der Waals surface area (Å²) in [5, 5.41) is 0. The molecule has 0 radical (unpaired) electrons. The molecule has 0 aromatic carbocycles. The standard InChI is InChI=1S/C13H20N2O4S/c1-10-5-4-6-15(8-10)20(17,18)11-7-12(13(16)19-3)14(2)9-11/h7,9-10H,4-6,8H2,1-3H3/t10-/m0/s1. The van der Waals surface area contributed by atoms with Crippen molar-refractivity contribution in [3.8, 4) is 0 Å². The van der Waals surface area contributed by atoms with Gasteiger partial charge in [0, 0.05) is 26.3 Å². The van der Waals surface area contributed by atoms with E-state index in [9.17, 15) is 13.2 Å². The molecule has 2 heterocycles. The number of carbonyl (C=O) groups excluding carboxylic acids is 1. The molecule has 1 aromatic rings. The van der Waals surface area contributed by atoms with Gasteiger partial charge in [-0.05, 0) is 24.8 Å². The van der Waals surface area contributed by atoms with E-state index in [0.29, 0.717) is 19.0 Å². The van der Waals surface area contributed by atoms with Crippen LogP contribution >= 0.6 is 0 Å². The Morgan fingerprint density at radius 2 is 2.15 bits per heavy atom. The van der Waals surface area contributed by atoms with Gasteiger partial charge in [-0.15, -0.1) is 0 Å². The molecule has 1 aromatic heterocycles. The van der Waals surface area contributed by atoms with Crippen LogP contribution in [0.15, 0.2) is 17.2 Å². The minimum absolute atomic E-state index is 0.148. The van der Waals surface area contributed by atoms with Gasteiger partial charge in [0.15, 0.2) is 0 Å². The zero-order valence-electron chi connectivity index (χ0n) is 12.0. The average molecular weight is 300 g/mol. The number of aromatic nitrogens is 1. The van der Waals surface area contributed by atoms with Crippen LogP contribution in [0.1, 0.15) is 30.3 Å². The summed E-state index contributed by atoms with van der Waals surface area (Å²) in [6.07, 6.45) is 3.38. The second-order valence-electron chi connectivity index (χ2n) is 5.27. The van der Waals surface area contributed by atoms with E-state index in [2.05, 4.69) is 4.74 Å². The number of rotatable bonds is 3. The Hall–Kier alpha value is -1.34. The molecule has 0 unspecified atom stereocenters. The van der Waals surface area contributed by atoms with Crippen LogP contribution in [0.25, 0.3) is 0 Å². The van der Waals surface area contributed by atoms with E-state index in [1.807, 2.05) is 6.92 Å². The molecule has 2 rings (SSSR count). The number of carbonyl (C=O) groups is 1. The molecule has 20 heavy (non-hydrogen) atoms. The fraction of sp³-hybridized carbons (Fsp3) is 0.615. The van der Waals surface area contributed by atoms with Crippen molar-refractivity contribution in [2.45, 2.75) is 24.7 Å². The lowest BCUT2D eigenvalue weighted by atomic mass is 10.0. The highest BCUT2D eigenvalue weighted by Crippen LogP contribution is 2.24. The van der Waals surface area contributed by atoms with Gasteiger partial charge in [0.25, 0.3) is 0 Å². The van der Waals surface area contributed by atoms with Gasteiger partial charge in [0.2, 0.25) is 10.0 Å². The van der Waals surface area contributed by atoms with Gasteiger partial charge >= 0.3 is 5.97 Å². The third-order valence-corrected chi connectivity index (χ3v) is 5.46. The van der Waals surface area contributed by atoms with Gasteiger partial charge in [-0.3, -0.25) is 0 Å². The number of ether oxygens (including phenoxy) is 1. The maximum Gasteiger partial charge on any atom is 0.354 e. The number of hydrogen-bond donors (Lipinski definition) is 0. The Balaban J connectivity index is 2.32. The van der Waals surface area contributed by atoms with Crippen LogP contribution in [0.3, 0.4) is 0 Å². The minimum atomic E-state index is -3.53. The summed E-state index contributed by atoms with van der Waals surface area (Å²) < 4.78 is 32.8. The third-order valence-electron chi connectivity index (χ3n) is 3.63. The summed E-state index contributed by atoms with van der Waals surface area (Å²) in [5.74, 6) is -0.178. The zero-order valence-corrected chi connectivity index (χ0v) is 12.8. The first-order chi connectivity index (χ1) is 9.36. The normalized spacial score (nSPS) is 20.9. The van der Waals surface area contributed by atoms with Crippen molar-refractivity contribution in [1.29, 1.82) is 0 Å². The smallest absolute Gasteiger partial charge is 0.354 e. The van der Waals surface area contributed by atoms with E-state index in [4.69, 9.17) is 0 Å². The fourth-order valence-corrected chi connectivity index (χ4v) is 4.17. The lowest BCUT2D eigenvalue weighted by Gasteiger charge is -2.29. The quantitative estimate of drug-likeness (QED) is 0.787. The fourth-order valence-electron chi connectivity index (χ4n) is 2.50. The van der Waals surface area contributed by atoms with E-state index in [1.54, 1.807) is 7.05 Å². The molecule has 0 N–H and O–H groups in total. The molecule has 7 heteroatoms. The number of esters is 1. The van der Waals surface area contributed by atoms with Crippen molar-refractivity contribution in [2.75, 3.05) is 20.2 Å². The van der Waals surface area contributed by atoms with Crippen LogP contribution in [0.5, 0.6) is 0 Å². The third kappa shape index (κ3) is 2.73.